The predicted octanol–water partition coefficient (Wildman–Crippen LogP) is 3.15. The van der Waals surface area contributed by atoms with E-state index in [2.05, 4.69) is 6.07 Å². The van der Waals surface area contributed by atoms with Crippen LogP contribution in [0.3, 0.4) is 0 Å². The van der Waals surface area contributed by atoms with Crippen LogP contribution >= 0.6 is 0 Å². The maximum atomic E-state index is 12.7. The first-order chi connectivity index (χ1) is 10.5. The number of hydrogen-bond acceptors (Lipinski definition) is 3. The quantitative estimate of drug-likeness (QED) is 0.866. The number of methoxy groups -OCH3 is 1. The molecule has 0 aromatic heterocycles. The van der Waals surface area contributed by atoms with Crippen LogP contribution < -0.4 is 4.74 Å². The SMILES string of the molecule is COc1cccc2c1CCC1=C2C[C@@H]2C(=O)[C@@H]1CC[C@]2(C)O. The molecule has 1 N–H and O–H groups in total. The van der Waals surface area contributed by atoms with Crippen LogP contribution in [-0.2, 0) is 11.2 Å². The molecule has 0 heterocycles. The lowest BCUT2D eigenvalue weighted by Crippen LogP contribution is -2.50. The Morgan fingerprint density at radius 3 is 2.91 bits per heavy atom. The number of allylic oxidation sites excluding steroid dienone is 2. The van der Waals surface area contributed by atoms with E-state index in [1.807, 2.05) is 19.1 Å². The van der Waals surface area contributed by atoms with Crippen LogP contribution in [0.4, 0.5) is 0 Å². The Balaban J connectivity index is 1.86. The van der Waals surface area contributed by atoms with Gasteiger partial charge in [-0.25, -0.2) is 0 Å². The van der Waals surface area contributed by atoms with Crippen molar-refractivity contribution in [3.05, 3.63) is 34.9 Å². The number of carbonyl (C=O) groups excluding carboxylic acids is 1. The zero-order valence-electron chi connectivity index (χ0n) is 13.2. The van der Waals surface area contributed by atoms with E-state index in [1.54, 1.807) is 7.11 Å². The third-order valence-corrected chi connectivity index (χ3v) is 5.92. The van der Waals surface area contributed by atoms with Crippen LogP contribution in [0.1, 0.15) is 43.7 Å². The summed E-state index contributed by atoms with van der Waals surface area (Å²) in [6.45, 7) is 1.83. The Hall–Kier alpha value is -1.61. The maximum Gasteiger partial charge on any atom is 0.146 e. The summed E-state index contributed by atoms with van der Waals surface area (Å²) >= 11 is 0. The molecule has 1 aromatic carbocycles. The lowest BCUT2D eigenvalue weighted by molar-refractivity contribution is -0.141. The van der Waals surface area contributed by atoms with E-state index < -0.39 is 5.60 Å². The Morgan fingerprint density at radius 1 is 1.32 bits per heavy atom. The molecule has 0 unspecified atom stereocenters. The summed E-state index contributed by atoms with van der Waals surface area (Å²) in [6.07, 6.45) is 4.10. The molecule has 0 radical (unpaired) electrons. The van der Waals surface area contributed by atoms with Crippen molar-refractivity contribution < 1.29 is 14.6 Å². The molecular formula is C19H22O3. The average Bonchev–Trinajstić information content (AvgIpc) is 2.50. The van der Waals surface area contributed by atoms with Gasteiger partial charge in [0.2, 0.25) is 0 Å². The zero-order chi connectivity index (χ0) is 15.5. The standard InChI is InChI=1S/C19H22O3/c1-19(21)9-8-14-12-6-7-13-11(4-3-5-17(13)22-2)15(12)10-16(19)18(14)20/h3-5,14,16,21H,6-10H2,1-2H3/t14-,16-,19+/m1/s1. The number of benzene rings is 1. The van der Waals surface area contributed by atoms with Crippen molar-refractivity contribution in [2.75, 3.05) is 7.11 Å². The van der Waals surface area contributed by atoms with Gasteiger partial charge in [-0.3, -0.25) is 4.79 Å². The third kappa shape index (κ3) is 1.81. The van der Waals surface area contributed by atoms with Gasteiger partial charge in [-0.2, -0.15) is 0 Å². The molecule has 0 spiro atoms. The van der Waals surface area contributed by atoms with Gasteiger partial charge in [0.25, 0.3) is 0 Å². The van der Waals surface area contributed by atoms with Crippen LogP contribution in [0.5, 0.6) is 5.75 Å². The summed E-state index contributed by atoms with van der Waals surface area (Å²) in [6, 6.07) is 6.18. The number of fused-ring (bicyclic) bond motifs is 5. The maximum absolute atomic E-state index is 12.7. The number of ketones is 1. The first-order valence-corrected chi connectivity index (χ1v) is 8.17. The summed E-state index contributed by atoms with van der Waals surface area (Å²) in [5, 5.41) is 10.6. The normalized spacial score (nSPS) is 33.3. The highest BCUT2D eigenvalue weighted by molar-refractivity contribution is 5.95. The van der Waals surface area contributed by atoms with Gasteiger partial charge in [0.15, 0.2) is 0 Å². The van der Waals surface area contributed by atoms with E-state index in [1.165, 1.54) is 22.3 Å². The second kappa shape index (κ2) is 4.69. The molecule has 3 nitrogen and oxygen atoms in total. The molecule has 0 amide bonds. The second-order valence-electron chi connectivity index (χ2n) is 7.10. The molecule has 3 aliphatic rings. The van der Waals surface area contributed by atoms with Crippen molar-refractivity contribution in [3.63, 3.8) is 0 Å². The molecule has 22 heavy (non-hydrogen) atoms. The van der Waals surface area contributed by atoms with Gasteiger partial charge in [-0.15, -0.1) is 0 Å². The fourth-order valence-electron chi connectivity index (χ4n) is 4.68. The molecule has 1 saturated carbocycles. The molecule has 0 aliphatic heterocycles. The van der Waals surface area contributed by atoms with E-state index in [9.17, 15) is 9.90 Å². The van der Waals surface area contributed by atoms with Gasteiger partial charge < -0.3 is 9.84 Å². The topological polar surface area (TPSA) is 46.5 Å². The number of ether oxygens (including phenoxy) is 1. The number of Topliss-reactive ketones (excluding diaryl/α,β-unsaturated/α-hetero) is 1. The molecule has 1 fully saturated rings. The van der Waals surface area contributed by atoms with Crippen LogP contribution in [0.2, 0.25) is 0 Å². The number of hydrogen-bond donors (Lipinski definition) is 1. The Kier molecular flexibility index (Phi) is 2.99. The summed E-state index contributed by atoms with van der Waals surface area (Å²) in [4.78, 5) is 12.7. The minimum absolute atomic E-state index is 0.0355. The van der Waals surface area contributed by atoms with Crippen molar-refractivity contribution in [2.45, 2.75) is 44.6 Å². The second-order valence-corrected chi connectivity index (χ2v) is 7.10. The average molecular weight is 298 g/mol. The minimum atomic E-state index is -0.859. The first-order valence-electron chi connectivity index (χ1n) is 8.17. The number of aliphatic hydroxyl groups is 1. The van der Waals surface area contributed by atoms with E-state index in [-0.39, 0.29) is 17.6 Å². The smallest absolute Gasteiger partial charge is 0.146 e. The molecular weight excluding hydrogens is 276 g/mol. The van der Waals surface area contributed by atoms with Gasteiger partial charge in [0.1, 0.15) is 11.5 Å². The van der Waals surface area contributed by atoms with E-state index in [4.69, 9.17) is 4.74 Å². The van der Waals surface area contributed by atoms with Crippen LogP contribution in [0.15, 0.2) is 23.8 Å². The molecule has 3 atom stereocenters. The minimum Gasteiger partial charge on any atom is -0.496 e. The first kappa shape index (κ1) is 14.0. The predicted molar refractivity (Wildman–Crippen MR) is 84.7 cm³/mol. The summed E-state index contributed by atoms with van der Waals surface area (Å²) < 4.78 is 5.51. The lowest BCUT2D eigenvalue weighted by Gasteiger charge is -2.46. The zero-order valence-corrected chi connectivity index (χ0v) is 13.2. The van der Waals surface area contributed by atoms with Crippen molar-refractivity contribution in [1.29, 1.82) is 0 Å². The monoisotopic (exact) mass is 298 g/mol. The van der Waals surface area contributed by atoms with Crippen molar-refractivity contribution in [2.24, 2.45) is 11.8 Å². The van der Waals surface area contributed by atoms with Crippen molar-refractivity contribution in [3.8, 4) is 5.75 Å². The molecule has 2 bridgehead atoms. The Bertz CT molecular complexity index is 684. The van der Waals surface area contributed by atoms with Gasteiger partial charge in [0.05, 0.1) is 18.6 Å². The molecule has 0 saturated heterocycles. The van der Waals surface area contributed by atoms with Crippen molar-refractivity contribution in [1.82, 2.24) is 0 Å². The van der Waals surface area contributed by atoms with E-state index >= 15 is 0 Å². The highest BCUT2D eigenvalue weighted by Crippen LogP contribution is 2.52. The van der Waals surface area contributed by atoms with Gasteiger partial charge >= 0.3 is 0 Å². The van der Waals surface area contributed by atoms with Crippen LogP contribution in [-0.4, -0.2) is 23.6 Å². The Labute approximate surface area is 131 Å². The van der Waals surface area contributed by atoms with Crippen LogP contribution in [0, 0.1) is 11.8 Å². The fourth-order valence-corrected chi connectivity index (χ4v) is 4.68. The molecule has 3 heteroatoms. The van der Waals surface area contributed by atoms with E-state index in [0.717, 1.165) is 31.4 Å². The number of rotatable bonds is 1. The van der Waals surface area contributed by atoms with Crippen molar-refractivity contribution >= 4 is 11.4 Å². The molecule has 4 rings (SSSR count). The van der Waals surface area contributed by atoms with Gasteiger partial charge in [0, 0.05) is 11.5 Å². The fraction of sp³-hybridized carbons (Fsp3) is 0.526. The Morgan fingerprint density at radius 2 is 2.14 bits per heavy atom. The highest BCUT2D eigenvalue weighted by Gasteiger charge is 2.50. The van der Waals surface area contributed by atoms with Crippen LogP contribution in [0.25, 0.3) is 5.57 Å². The molecule has 1 aromatic rings. The van der Waals surface area contributed by atoms with Gasteiger partial charge in [-0.05, 0) is 56.2 Å². The largest absolute Gasteiger partial charge is 0.496 e. The molecule has 116 valence electrons. The highest BCUT2D eigenvalue weighted by atomic mass is 16.5. The van der Waals surface area contributed by atoms with Gasteiger partial charge in [-0.1, -0.05) is 17.7 Å². The summed E-state index contributed by atoms with van der Waals surface area (Å²) in [7, 11) is 1.71. The summed E-state index contributed by atoms with van der Waals surface area (Å²) in [5.41, 5.74) is 4.27. The van der Waals surface area contributed by atoms with E-state index in [0.29, 0.717) is 6.42 Å². The molecule has 3 aliphatic carbocycles. The number of carbonyl (C=O) groups is 1. The summed E-state index contributed by atoms with van der Waals surface area (Å²) in [5.74, 6) is 0.995. The third-order valence-electron chi connectivity index (χ3n) is 5.92. The lowest BCUT2D eigenvalue weighted by atomic mass is 9.59.